The average Bonchev–Trinajstić information content (AvgIpc) is 3.18. The highest BCUT2D eigenvalue weighted by Gasteiger charge is 2.19. The van der Waals surface area contributed by atoms with Crippen molar-refractivity contribution in [3.05, 3.63) is 95.0 Å². The maximum Gasteiger partial charge on any atom is 0.258 e. The van der Waals surface area contributed by atoms with Crippen molar-refractivity contribution in [3.63, 3.8) is 0 Å². The monoisotopic (exact) mass is 367 g/mol. The Morgan fingerprint density at radius 1 is 1.12 bits per heavy atom. The van der Waals surface area contributed by atoms with Crippen LogP contribution >= 0.6 is 11.3 Å². The lowest BCUT2D eigenvalue weighted by Crippen LogP contribution is -2.30. The van der Waals surface area contributed by atoms with Crippen molar-refractivity contribution in [2.24, 2.45) is 0 Å². The number of nitrogens with zero attached hydrogens (tertiary/aromatic N) is 1. The van der Waals surface area contributed by atoms with Gasteiger partial charge in [0.15, 0.2) is 0 Å². The van der Waals surface area contributed by atoms with Gasteiger partial charge in [0.25, 0.3) is 5.91 Å². The summed E-state index contributed by atoms with van der Waals surface area (Å²) in [4.78, 5) is 15.8. The van der Waals surface area contributed by atoms with Gasteiger partial charge in [-0.25, -0.2) is 4.39 Å². The third-order valence-electron chi connectivity index (χ3n) is 3.75. The van der Waals surface area contributed by atoms with Crippen LogP contribution in [0.4, 0.5) is 10.1 Å². The van der Waals surface area contributed by atoms with Crippen LogP contribution in [0.1, 0.15) is 15.2 Å². The van der Waals surface area contributed by atoms with Crippen molar-refractivity contribution in [2.45, 2.75) is 6.54 Å². The topological polar surface area (TPSA) is 29.5 Å². The summed E-state index contributed by atoms with van der Waals surface area (Å²) < 4.78 is 18.7. The van der Waals surface area contributed by atoms with Crippen LogP contribution in [0, 0.1) is 5.82 Å². The summed E-state index contributed by atoms with van der Waals surface area (Å²) in [5, 5.41) is 1.97. The van der Waals surface area contributed by atoms with E-state index in [9.17, 15) is 9.18 Å². The van der Waals surface area contributed by atoms with Gasteiger partial charge in [-0.15, -0.1) is 11.3 Å². The second-order valence-corrected chi connectivity index (χ2v) is 6.60. The molecule has 1 aromatic heterocycles. The zero-order valence-electron chi connectivity index (χ0n) is 14.1. The Hall–Kier alpha value is -2.92. The van der Waals surface area contributed by atoms with Gasteiger partial charge in [-0.05, 0) is 60.0 Å². The van der Waals surface area contributed by atoms with Crippen LogP contribution in [0.25, 0.3) is 0 Å². The van der Waals surface area contributed by atoms with Gasteiger partial charge >= 0.3 is 0 Å². The molecule has 26 heavy (non-hydrogen) atoms. The molecule has 0 fully saturated rings. The molecular weight excluding hydrogens is 349 g/mol. The summed E-state index contributed by atoms with van der Waals surface area (Å²) >= 11 is 1.58. The van der Waals surface area contributed by atoms with Crippen LogP contribution in [-0.4, -0.2) is 12.5 Å². The minimum absolute atomic E-state index is 0.153. The van der Waals surface area contributed by atoms with E-state index in [0.29, 0.717) is 30.2 Å². The number of anilines is 1. The summed E-state index contributed by atoms with van der Waals surface area (Å²) in [6.45, 7) is 4.45. The van der Waals surface area contributed by atoms with Gasteiger partial charge in [0.1, 0.15) is 18.2 Å². The molecule has 0 saturated carbocycles. The number of halogens is 1. The molecule has 0 aliphatic heterocycles. The summed E-state index contributed by atoms with van der Waals surface area (Å²) in [6.07, 6.45) is 1.66. The second kappa shape index (κ2) is 8.45. The fourth-order valence-corrected chi connectivity index (χ4v) is 3.16. The van der Waals surface area contributed by atoms with Crippen LogP contribution in [-0.2, 0) is 6.54 Å². The van der Waals surface area contributed by atoms with E-state index in [1.54, 1.807) is 58.7 Å². The maximum atomic E-state index is 13.3. The van der Waals surface area contributed by atoms with E-state index in [4.69, 9.17) is 4.74 Å². The van der Waals surface area contributed by atoms with Crippen LogP contribution in [0.5, 0.6) is 5.75 Å². The third kappa shape index (κ3) is 4.37. The highest BCUT2D eigenvalue weighted by Crippen LogP contribution is 2.23. The Bertz CT molecular complexity index is 858. The molecule has 0 aliphatic rings. The van der Waals surface area contributed by atoms with Crippen molar-refractivity contribution >= 4 is 22.9 Å². The molecule has 0 saturated heterocycles. The number of ether oxygens (including phenoxy) is 1. The first-order chi connectivity index (χ1) is 12.7. The molecule has 2 aromatic carbocycles. The SMILES string of the molecule is C=CCOc1ccc(C(=O)N(Cc2cccs2)c2ccc(F)cc2)cc1. The van der Waals surface area contributed by atoms with Crippen molar-refractivity contribution in [1.29, 1.82) is 0 Å². The Morgan fingerprint density at radius 3 is 2.46 bits per heavy atom. The predicted molar refractivity (Wildman–Crippen MR) is 103 cm³/mol. The molecule has 1 heterocycles. The molecule has 0 radical (unpaired) electrons. The first kappa shape index (κ1) is 17.9. The Kier molecular flexibility index (Phi) is 5.81. The number of hydrogen-bond acceptors (Lipinski definition) is 3. The lowest BCUT2D eigenvalue weighted by molar-refractivity contribution is 0.0985. The van der Waals surface area contributed by atoms with Gasteiger partial charge in [0.05, 0.1) is 6.54 Å². The van der Waals surface area contributed by atoms with Gasteiger partial charge < -0.3 is 9.64 Å². The van der Waals surface area contributed by atoms with Crippen molar-refractivity contribution in [3.8, 4) is 5.75 Å². The summed E-state index contributed by atoms with van der Waals surface area (Å²) in [5.41, 5.74) is 1.19. The second-order valence-electron chi connectivity index (χ2n) is 5.57. The molecule has 0 aliphatic carbocycles. The molecule has 5 heteroatoms. The summed E-state index contributed by atoms with van der Waals surface area (Å²) in [7, 11) is 0. The Morgan fingerprint density at radius 2 is 1.85 bits per heavy atom. The molecule has 0 bridgehead atoms. The van der Waals surface area contributed by atoms with Gasteiger partial charge in [0.2, 0.25) is 0 Å². The average molecular weight is 367 g/mol. The third-order valence-corrected chi connectivity index (χ3v) is 4.61. The van der Waals surface area contributed by atoms with E-state index in [-0.39, 0.29) is 11.7 Å². The van der Waals surface area contributed by atoms with Crippen LogP contribution in [0.15, 0.2) is 78.7 Å². The number of benzene rings is 2. The fraction of sp³-hybridized carbons (Fsp3) is 0.0952. The van der Waals surface area contributed by atoms with E-state index < -0.39 is 0 Å². The van der Waals surface area contributed by atoms with Crippen LogP contribution < -0.4 is 9.64 Å². The molecule has 3 rings (SSSR count). The summed E-state index contributed by atoms with van der Waals surface area (Å²) in [6, 6.07) is 16.8. The molecule has 0 atom stereocenters. The number of thiophene rings is 1. The Labute approximate surface area is 156 Å². The predicted octanol–water partition coefficient (Wildman–Crippen LogP) is 5.30. The molecule has 1 amide bonds. The normalized spacial score (nSPS) is 10.3. The van der Waals surface area contributed by atoms with Crippen molar-refractivity contribution in [2.75, 3.05) is 11.5 Å². The number of carbonyl (C=O) groups is 1. The molecule has 0 unspecified atom stereocenters. The van der Waals surface area contributed by atoms with Crippen LogP contribution in [0.3, 0.4) is 0 Å². The lowest BCUT2D eigenvalue weighted by atomic mass is 10.1. The minimum atomic E-state index is -0.332. The molecule has 3 nitrogen and oxygen atoms in total. The van der Waals surface area contributed by atoms with Gasteiger partial charge in [-0.3, -0.25) is 4.79 Å². The van der Waals surface area contributed by atoms with Crippen molar-refractivity contribution < 1.29 is 13.9 Å². The number of carbonyl (C=O) groups excluding carboxylic acids is 1. The molecule has 132 valence electrons. The first-order valence-electron chi connectivity index (χ1n) is 8.11. The molecule has 0 N–H and O–H groups in total. The molecule has 3 aromatic rings. The quantitative estimate of drug-likeness (QED) is 0.531. The number of amides is 1. The van der Waals surface area contributed by atoms with E-state index in [1.807, 2.05) is 17.5 Å². The highest BCUT2D eigenvalue weighted by atomic mass is 32.1. The zero-order valence-corrected chi connectivity index (χ0v) is 14.9. The minimum Gasteiger partial charge on any atom is -0.490 e. The fourth-order valence-electron chi connectivity index (χ4n) is 2.46. The summed E-state index contributed by atoms with van der Waals surface area (Å²) in [5.74, 6) is 0.189. The molecule has 0 spiro atoms. The number of rotatable bonds is 7. The maximum absolute atomic E-state index is 13.3. The van der Waals surface area contributed by atoms with E-state index in [2.05, 4.69) is 6.58 Å². The van der Waals surface area contributed by atoms with E-state index in [1.165, 1.54) is 12.1 Å². The lowest BCUT2D eigenvalue weighted by Gasteiger charge is -2.22. The van der Waals surface area contributed by atoms with Crippen LogP contribution in [0.2, 0.25) is 0 Å². The van der Waals surface area contributed by atoms with Gasteiger partial charge in [-0.2, -0.15) is 0 Å². The van der Waals surface area contributed by atoms with Gasteiger partial charge in [-0.1, -0.05) is 18.7 Å². The Balaban J connectivity index is 1.86. The van der Waals surface area contributed by atoms with Gasteiger partial charge in [0, 0.05) is 16.1 Å². The van der Waals surface area contributed by atoms with E-state index >= 15 is 0 Å². The number of hydrogen-bond donors (Lipinski definition) is 0. The standard InChI is InChI=1S/C21H18FNO2S/c1-2-13-25-19-11-5-16(6-12-19)21(24)23(15-20-4-3-14-26-20)18-9-7-17(22)8-10-18/h2-12,14H,1,13,15H2. The largest absolute Gasteiger partial charge is 0.490 e. The highest BCUT2D eigenvalue weighted by molar-refractivity contribution is 7.09. The smallest absolute Gasteiger partial charge is 0.258 e. The first-order valence-corrected chi connectivity index (χ1v) is 8.99. The van der Waals surface area contributed by atoms with E-state index in [0.717, 1.165) is 4.88 Å². The molecular formula is C21H18FNO2S. The van der Waals surface area contributed by atoms with Crippen molar-refractivity contribution in [1.82, 2.24) is 0 Å². The zero-order chi connectivity index (χ0) is 18.4.